The molecule has 0 radical (unpaired) electrons. The molecule has 4 rings (SSSR count). The summed E-state index contributed by atoms with van der Waals surface area (Å²) in [5.74, 6) is 1.63. The van der Waals surface area contributed by atoms with Gasteiger partial charge in [0.05, 0.1) is 16.3 Å². The third kappa shape index (κ3) is 2.15. The van der Waals surface area contributed by atoms with E-state index in [1.807, 2.05) is 35.7 Å². The number of hydrogen-bond acceptors (Lipinski definition) is 5. The van der Waals surface area contributed by atoms with Gasteiger partial charge in [-0.15, -0.1) is 11.3 Å². The van der Waals surface area contributed by atoms with Crippen LogP contribution in [0.3, 0.4) is 0 Å². The fourth-order valence-electron chi connectivity index (χ4n) is 2.34. The molecule has 0 bridgehead atoms. The van der Waals surface area contributed by atoms with Crippen LogP contribution < -0.4 is 9.47 Å². The molecule has 3 aromatic rings. The normalized spacial score (nSPS) is 13.1. The SMILES string of the molecule is c1ccc(-c2ncccc2-c2scc3c2OCCO3)nc1. The van der Waals surface area contributed by atoms with E-state index in [2.05, 4.69) is 9.97 Å². The maximum atomic E-state index is 5.78. The van der Waals surface area contributed by atoms with Crippen LogP contribution in [0.4, 0.5) is 0 Å². The molecule has 0 amide bonds. The van der Waals surface area contributed by atoms with Crippen LogP contribution in [-0.2, 0) is 0 Å². The molecule has 3 aromatic heterocycles. The van der Waals surface area contributed by atoms with Crippen LogP contribution >= 0.6 is 11.3 Å². The fraction of sp³-hybridized carbons (Fsp3) is 0.125. The first-order chi connectivity index (χ1) is 10.4. The first-order valence-corrected chi connectivity index (χ1v) is 7.55. The molecule has 0 saturated heterocycles. The monoisotopic (exact) mass is 296 g/mol. The van der Waals surface area contributed by atoms with Crippen molar-refractivity contribution in [2.45, 2.75) is 0 Å². The van der Waals surface area contributed by atoms with Crippen molar-refractivity contribution < 1.29 is 9.47 Å². The van der Waals surface area contributed by atoms with Crippen molar-refractivity contribution in [1.82, 2.24) is 9.97 Å². The van der Waals surface area contributed by atoms with Crippen LogP contribution in [0, 0.1) is 0 Å². The molecular weight excluding hydrogens is 284 g/mol. The summed E-state index contributed by atoms with van der Waals surface area (Å²) in [6, 6.07) is 9.79. The van der Waals surface area contributed by atoms with Crippen LogP contribution in [0.2, 0.25) is 0 Å². The summed E-state index contributed by atoms with van der Waals surface area (Å²) in [6.07, 6.45) is 3.56. The molecule has 0 atom stereocenters. The quantitative estimate of drug-likeness (QED) is 0.724. The summed E-state index contributed by atoms with van der Waals surface area (Å²) in [7, 11) is 0. The largest absolute Gasteiger partial charge is 0.485 e. The minimum absolute atomic E-state index is 0.579. The number of rotatable bonds is 2. The molecule has 4 nitrogen and oxygen atoms in total. The van der Waals surface area contributed by atoms with Gasteiger partial charge < -0.3 is 9.47 Å². The second-order valence-electron chi connectivity index (χ2n) is 4.57. The summed E-state index contributed by atoms with van der Waals surface area (Å²) in [6.45, 7) is 1.18. The molecule has 0 aromatic carbocycles. The van der Waals surface area contributed by atoms with E-state index >= 15 is 0 Å². The van der Waals surface area contributed by atoms with Gasteiger partial charge in [0.2, 0.25) is 0 Å². The molecule has 0 saturated carbocycles. The second kappa shape index (κ2) is 5.18. The standard InChI is InChI=1S/C16H12N2O2S/c1-2-6-17-12(5-1)14-11(4-3-7-18-14)16-15-13(10-21-16)19-8-9-20-15/h1-7,10H,8-9H2. The van der Waals surface area contributed by atoms with Crippen LogP contribution in [-0.4, -0.2) is 23.2 Å². The maximum absolute atomic E-state index is 5.78. The number of pyridine rings is 2. The van der Waals surface area contributed by atoms with Gasteiger partial charge in [-0.25, -0.2) is 0 Å². The van der Waals surface area contributed by atoms with Gasteiger partial charge in [-0.1, -0.05) is 6.07 Å². The predicted octanol–water partition coefficient (Wildman–Crippen LogP) is 3.64. The first-order valence-electron chi connectivity index (χ1n) is 6.67. The highest BCUT2D eigenvalue weighted by atomic mass is 32.1. The Bertz CT molecular complexity index is 771. The zero-order valence-corrected chi connectivity index (χ0v) is 12.0. The van der Waals surface area contributed by atoms with E-state index in [-0.39, 0.29) is 0 Å². The van der Waals surface area contributed by atoms with Crippen LogP contribution in [0.25, 0.3) is 21.8 Å². The number of thiophene rings is 1. The molecule has 1 aliphatic heterocycles. The molecule has 0 unspecified atom stereocenters. The van der Waals surface area contributed by atoms with Crippen molar-refractivity contribution in [3.8, 4) is 33.3 Å². The Kier molecular flexibility index (Phi) is 3.05. The third-order valence-electron chi connectivity index (χ3n) is 3.26. The van der Waals surface area contributed by atoms with Crippen molar-refractivity contribution in [3.05, 3.63) is 48.1 Å². The smallest absolute Gasteiger partial charge is 0.180 e. The Labute approximate surface area is 126 Å². The molecule has 104 valence electrons. The molecule has 0 spiro atoms. The van der Waals surface area contributed by atoms with E-state index in [4.69, 9.17) is 9.47 Å². The zero-order chi connectivity index (χ0) is 14.1. The Morgan fingerprint density at radius 1 is 0.952 bits per heavy atom. The van der Waals surface area contributed by atoms with Crippen molar-refractivity contribution in [1.29, 1.82) is 0 Å². The van der Waals surface area contributed by atoms with Gasteiger partial charge in [-0.05, 0) is 24.3 Å². The van der Waals surface area contributed by atoms with E-state index < -0.39 is 0 Å². The summed E-state index contributed by atoms with van der Waals surface area (Å²) in [4.78, 5) is 9.94. The summed E-state index contributed by atoms with van der Waals surface area (Å²) < 4.78 is 11.4. The number of fused-ring (bicyclic) bond motifs is 1. The number of ether oxygens (including phenoxy) is 2. The second-order valence-corrected chi connectivity index (χ2v) is 5.45. The fourth-order valence-corrected chi connectivity index (χ4v) is 3.30. The van der Waals surface area contributed by atoms with Crippen molar-refractivity contribution in [2.75, 3.05) is 13.2 Å². The zero-order valence-electron chi connectivity index (χ0n) is 11.2. The lowest BCUT2D eigenvalue weighted by Gasteiger charge is -2.16. The average Bonchev–Trinajstić information content (AvgIpc) is 3.00. The van der Waals surface area contributed by atoms with Gasteiger partial charge in [0.1, 0.15) is 13.2 Å². The van der Waals surface area contributed by atoms with Crippen molar-refractivity contribution in [2.24, 2.45) is 0 Å². The number of aromatic nitrogens is 2. The summed E-state index contributed by atoms with van der Waals surface area (Å²) in [5.41, 5.74) is 2.73. The molecule has 4 heterocycles. The van der Waals surface area contributed by atoms with E-state index in [0.717, 1.165) is 33.3 Å². The van der Waals surface area contributed by atoms with Crippen molar-refractivity contribution in [3.63, 3.8) is 0 Å². The van der Waals surface area contributed by atoms with E-state index in [1.165, 1.54) is 0 Å². The van der Waals surface area contributed by atoms with Gasteiger partial charge in [-0.3, -0.25) is 9.97 Å². The minimum Gasteiger partial charge on any atom is -0.485 e. The van der Waals surface area contributed by atoms with Gasteiger partial charge in [0.15, 0.2) is 11.5 Å². The lowest BCUT2D eigenvalue weighted by atomic mass is 10.1. The molecular formula is C16H12N2O2S. The molecule has 1 aliphatic rings. The summed E-state index contributed by atoms with van der Waals surface area (Å²) >= 11 is 1.61. The maximum Gasteiger partial charge on any atom is 0.180 e. The van der Waals surface area contributed by atoms with Gasteiger partial charge in [0.25, 0.3) is 0 Å². The lowest BCUT2D eigenvalue weighted by Crippen LogP contribution is -2.14. The first kappa shape index (κ1) is 12.3. The van der Waals surface area contributed by atoms with Gasteiger partial charge in [0, 0.05) is 23.3 Å². The van der Waals surface area contributed by atoms with Gasteiger partial charge in [-0.2, -0.15) is 0 Å². The average molecular weight is 296 g/mol. The number of nitrogens with zero attached hydrogens (tertiary/aromatic N) is 2. The Hall–Kier alpha value is -2.40. The highest BCUT2D eigenvalue weighted by molar-refractivity contribution is 7.14. The minimum atomic E-state index is 0.579. The predicted molar refractivity (Wildman–Crippen MR) is 81.8 cm³/mol. The topological polar surface area (TPSA) is 44.2 Å². The molecule has 0 fully saturated rings. The van der Waals surface area contributed by atoms with Crippen LogP contribution in [0.15, 0.2) is 48.1 Å². The lowest BCUT2D eigenvalue weighted by molar-refractivity contribution is 0.174. The van der Waals surface area contributed by atoms with E-state index in [1.54, 1.807) is 23.7 Å². The molecule has 21 heavy (non-hydrogen) atoms. The Balaban J connectivity index is 1.88. The Morgan fingerprint density at radius 3 is 2.76 bits per heavy atom. The van der Waals surface area contributed by atoms with E-state index in [0.29, 0.717) is 13.2 Å². The summed E-state index contributed by atoms with van der Waals surface area (Å²) in [5, 5.41) is 1.99. The van der Waals surface area contributed by atoms with Crippen LogP contribution in [0.1, 0.15) is 0 Å². The molecule has 0 N–H and O–H groups in total. The van der Waals surface area contributed by atoms with E-state index in [9.17, 15) is 0 Å². The number of hydrogen-bond donors (Lipinski definition) is 0. The highest BCUT2D eigenvalue weighted by Crippen LogP contribution is 2.47. The third-order valence-corrected chi connectivity index (χ3v) is 4.23. The van der Waals surface area contributed by atoms with Gasteiger partial charge >= 0.3 is 0 Å². The molecule has 5 heteroatoms. The van der Waals surface area contributed by atoms with Crippen molar-refractivity contribution >= 4 is 11.3 Å². The molecule has 0 aliphatic carbocycles. The highest BCUT2D eigenvalue weighted by Gasteiger charge is 2.22. The van der Waals surface area contributed by atoms with Crippen LogP contribution in [0.5, 0.6) is 11.5 Å². The Morgan fingerprint density at radius 2 is 1.86 bits per heavy atom.